The lowest BCUT2D eigenvalue weighted by Crippen LogP contribution is -2.43. The van der Waals surface area contributed by atoms with E-state index in [9.17, 15) is 13.2 Å². The molecular weight excluding hydrogens is 342 g/mol. The number of morpholine rings is 1. The summed E-state index contributed by atoms with van der Waals surface area (Å²) in [6.07, 6.45) is 0.314. The van der Waals surface area contributed by atoms with Crippen LogP contribution in [0.1, 0.15) is 32.8 Å². The fraction of sp³-hybridized carbons (Fsp3) is 0.588. The molecule has 1 unspecified atom stereocenters. The molecule has 0 aromatic heterocycles. The predicted molar refractivity (Wildman–Crippen MR) is 97.8 cm³/mol. The Hall–Kier alpha value is -1.48. The van der Waals surface area contributed by atoms with Crippen LogP contribution in [-0.4, -0.2) is 45.7 Å². The summed E-state index contributed by atoms with van der Waals surface area (Å²) in [5, 5.41) is 6.04. The Morgan fingerprint density at radius 1 is 1.36 bits per heavy atom. The van der Waals surface area contributed by atoms with Gasteiger partial charge in [0, 0.05) is 30.2 Å². The Bertz CT molecular complexity index is 692. The average Bonchev–Trinajstić information content (AvgIpc) is 2.45. The third-order valence-electron chi connectivity index (χ3n) is 3.46. The standard InChI is InChI=1S/C17H27N3O4S/c1-17(2,3)20-25(22,23)12-13-5-4-6-14(9-13)19-16(21)10-15-11-24-8-7-18-15/h4-6,9,15,18,20H,7-8,10-12H2,1-3H3,(H,19,21). The third-order valence-corrected chi connectivity index (χ3v) is 5.10. The molecule has 3 N–H and O–H groups in total. The lowest BCUT2D eigenvalue weighted by molar-refractivity contribution is -0.117. The molecule has 7 nitrogen and oxygen atoms in total. The molecule has 0 saturated carbocycles. The summed E-state index contributed by atoms with van der Waals surface area (Å²) >= 11 is 0. The van der Waals surface area contributed by atoms with E-state index in [1.807, 2.05) is 0 Å². The molecule has 8 heteroatoms. The highest BCUT2D eigenvalue weighted by molar-refractivity contribution is 7.88. The van der Waals surface area contributed by atoms with Crippen molar-refractivity contribution < 1.29 is 17.9 Å². The zero-order valence-electron chi connectivity index (χ0n) is 15.0. The van der Waals surface area contributed by atoms with Gasteiger partial charge in [-0.05, 0) is 38.5 Å². The summed E-state index contributed by atoms with van der Waals surface area (Å²) in [6, 6.07) is 6.90. The number of carbonyl (C=O) groups is 1. The van der Waals surface area contributed by atoms with Gasteiger partial charge in [-0.2, -0.15) is 0 Å². The van der Waals surface area contributed by atoms with Crippen LogP contribution in [0, 0.1) is 0 Å². The zero-order valence-corrected chi connectivity index (χ0v) is 15.8. The molecule has 0 bridgehead atoms. The molecular formula is C17H27N3O4S. The van der Waals surface area contributed by atoms with Crippen molar-refractivity contribution in [3.8, 4) is 0 Å². The number of nitrogens with one attached hydrogen (secondary N) is 3. The monoisotopic (exact) mass is 369 g/mol. The van der Waals surface area contributed by atoms with E-state index < -0.39 is 15.6 Å². The van der Waals surface area contributed by atoms with Gasteiger partial charge in [-0.25, -0.2) is 13.1 Å². The maximum Gasteiger partial charge on any atom is 0.226 e. The number of ether oxygens (including phenoxy) is 1. The second-order valence-corrected chi connectivity index (χ2v) is 9.01. The van der Waals surface area contributed by atoms with Crippen molar-refractivity contribution in [2.45, 2.75) is 44.5 Å². The van der Waals surface area contributed by atoms with Gasteiger partial charge in [-0.1, -0.05) is 12.1 Å². The second-order valence-electron chi connectivity index (χ2n) is 7.29. The van der Waals surface area contributed by atoms with Gasteiger partial charge in [0.1, 0.15) is 0 Å². The molecule has 2 rings (SSSR count). The number of carbonyl (C=O) groups excluding carboxylic acids is 1. The summed E-state index contributed by atoms with van der Waals surface area (Å²) in [7, 11) is -3.45. The number of hydrogen-bond acceptors (Lipinski definition) is 5. The Morgan fingerprint density at radius 3 is 2.76 bits per heavy atom. The highest BCUT2D eigenvalue weighted by atomic mass is 32.2. The maximum absolute atomic E-state index is 12.2. The lowest BCUT2D eigenvalue weighted by atomic mass is 10.1. The van der Waals surface area contributed by atoms with Crippen molar-refractivity contribution >= 4 is 21.6 Å². The van der Waals surface area contributed by atoms with E-state index in [1.165, 1.54) is 0 Å². The Labute approximate surface area is 149 Å². The van der Waals surface area contributed by atoms with Crippen LogP contribution >= 0.6 is 0 Å². The van der Waals surface area contributed by atoms with Gasteiger partial charge in [-0.3, -0.25) is 4.79 Å². The van der Waals surface area contributed by atoms with Crippen molar-refractivity contribution in [1.82, 2.24) is 10.0 Å². The summed E-state index contributed by atoms with van der Waals surface area (Å²) in [4.78, 5) is 12.1. The van der Waals surface area contributed by atoms with E-state index in [1.54, 1.807) is 45.0 Å². The van der Waals surface area contributed by atoms with Crippen LogP contribution in [0.3, 0.4) is 0 Å². The third kappa shape index (κ3) is 7.52. The molecule has 140 valence electrons. The minimum absolute atomic E-state index is 0.00768. The van der Waals surface area contributed by atoms with Crippen LogP contribution in [0.4, 0.5) is 5.69 Å². The molecule has 1 aromatic carbocycles. The quantitative estimate of drug-likeness (QED) is 0.701. The molecule has 0 aliphatic carbocycles. The number of sulfonamides is 1. The van der Waals surface area contributed by atoms with Gasteiger partial charge in [0.25, 0.3) is 0 Å². The van der Waals surface area contributed by atoms with Crippen LogP contribution < -0.4 is 15.4 Å². The average molecular weight is 369 g/mol. The molecule has 1 aliphatic heterocycles. The van der Waals surface area contributed by atoms with Crippen LogP contribution in [0.15, 0.2) is 24.3 Å². The van der Waals surface area contributed by atoms with Crippen LogP contribution in [0.2, 0.25) is 0 Å². The van der Waals surface area contributed by atoms with Gasteiger partial charge in [0.2, 0.25) is 15.9 Å². The summed E-state index contributed by atoms with van der Waals surface area (Å²) < 4.78 is 32.3. The molecule has 25 heavy (non-hydrogen) atoms. The van der Waals surface area contributed by atoms with Gasteiger partial charge in [0.05, 0.1) is 19.0 Å². The van der Waals surface area contributed by atoms with E-state index >= 15 is 0 Å². The van der Waals surface area contributed by atoms with Gasteiger partial charge < -0.3 is 15.4 Å². The minimum Gasteiger partial charge on any atom is -0.378 e. The van der Waals surface area contributed by atoms with Crippen LogP contribution in [-0.2, 0) is 25.3 Å². The Kier molecular flexibility index (Phi) is 6.56. The zero-order chi connectivity index (χ0) is 18.5. The first-order valence-electron chi connectivity index (χ1n) is 8.34. The number of rotatable bonds is 6. The highest BCUT2D eigenvalue weighted by Crippen LogP contribution is 2.15. The van der Waals surface area contributed by atoms with Crippen LogP contribution in [0.25, 0.3) is 0 Å². The van der Waals surface area contributed by atoms with E-state index in [2.05, 4.69) is 15.4 Å². The smallest absolute Gasteiger partial charge is 0.226 e. The molecule has 1 atom stereocenters. The van der Waals surface area contributed by atoms with Crippen molar-refractivity contribution in [2.24, 2.45) is 0 Å². The van der Waals surface area contributed by atoms with Crippen molar-refractivity contribution in [3.63, 3.8) is 0 Å². The molecule has 1 aromatic rings. The van der Waals surface area contributed by atoms with Gasteiger partial charge in [-0.15, -0.1) is 0 Å². The SMILES string of the molecule is CC(C)(C)NS(=O)(=O)Cc1cccc(NC(=O)CC2COCCN2)c1. The first-order valence-corrected chi connectivity index (χ1v) is 10.00. The minimum atomic E-state index is -3.45. The van der Waals surface area contributed by atoms with Gasteiger partial charge >= 0.3 is 0 Å². The molecule has 1 amide bonds. The fourth-order valence-electron chi connectivity index (χ4n) is 2.65. The Morgan fingerprint density at radius 2 is 2.12 bits per heavy atom. The predicted octanol–water partition coefficient (Wildman–Crippen LogP) is 1.22. The van der Waals surface area contributed by atoms with Crippen molar-refractivity contribution in [1.29, 1.82) is 0 Å². The van der Waals surface area contributed by atoms with Crippen LogP contribution in [0.5, 0.6) is 0 Å². The summed E-state index contributed by atoms with van der Waals surface area (Å²) in [6.45, 7) is 7.31. The van der Waals surface area contributed by atoms with E-state index in [0.717, 1.165) is 6.54 Å². The summed E-state index contributed by atoms with van der Waals surface area (Å²) in [5.41, 5.74) is 0.679. The molecule has 0 spiro atoms. The molecule has 1 heterocycles. The summed E-state index contributed by atoms with van der Waals surface area (Å²) in [5.74, 6) is -0.262. The molecule has 1 aliphatic rings. The first-order chi connectivity index (χ1) is 11.6. The Balaban J connectivity index is 1.95. The van der Waals surface area contributed by atoms with Gasteiger partial charge in [0.15, 0.2) is 0 Å². The number of benzene rings is 1. The maximum atomic E-state index is 12.2. The molecule has 1 saturated heterocycles. The number of amides is 1. The molecule has 1 fully saturated rings. The highest BCUT2D eigenvalue weighted by Gasteiger charge is 2.21. The largest absolute Gasteiger partial charge is 0.378 e. The number of anilines is 1. The van der Waals surface area contributed by atoms with E-state index in [0.29, 0.717) is 30.9 Å². The number of hydrogen-bond donors (Lipinski definition) is 3. The van der Waals surface area contributed by atoms with E-state index in [-0.39, 0.29) is 17.7 Å². The van der Waals surface area contributed by atoms with Crippen molar-refractivity contribution in [3.05, 3.63) is 29.8 Å². The fourth-order valence-corrected chi connectivity index (χ4v) is 4.27. The topological polar surface area (TPSA) is 96.5 Å². The van der Waals surface area contributed by atoms with E-state index in [4.69, 9.17) is 4.74 Å². The second kappa shape index (κ2) is 8.27. The van der Waals surface area contributed by atoms with Crippen molar-refractivity contribution in [2.75, 3.05) is 25.1 Å². The first kappa shape index (κ1) is 19.8. The lowest BCUT2D eigenvalue weighted by Gasteiger charge is -2.23. The molecule has 0 radical (unpaired) electrons. The normalized spacial score (nSPS) is 18.8.